The molecule has 0 aliphatic rings. The lowest BCUT2D eigenvalue weighted by molar-refractivity contribution is 0.300. The number of ether oxygens (including phenoxy) is 4. The molecule has 4 nitrogen and oxygen atoms in total. The lowest BCUT2D eigenvalue weighted by Gasteiger charge is -2.10. The van der Waals surface area contributed by atoms with Crippen molar-refractivity contribution in [1.29, 1.82) is 0 Å². The van der Waals surface area contributed by atoms with Gasteiger partial charge in [-0.15, -0.1) is 0 Å². The highest BCUT2D eigenvalue weighted by Gasteiger charge is 2.03. The molecule has 0 saturated carbocycles. The molecule has 0 saturated heterocycles. The van der Waals surface area contributed by atoms with E-state index < -0.39 is 0 Å². The maximum absolute atomic E-state index is 5.75. The van der Waals surface area contributed by atoms with Gasteiger partial charge in [-0.25, -0.2) is 0 Å². The van der Waals surface area contributed by atoms with E-state index in [-0.39, 0.29) is 0 Å². The molecule has 0 fully saturated rings. The summed E-state index contributed by atoms with van der Waals surface area (Å²) in [4.78, 5) is 0. The van der Waals surface area contributed by atoms with Gasteiger partial charge in [0.15, 0.2) is 0 Å². The molecule has 4 heteroatoms. The minimum absolute atomic E-state index is 0.473. The summed E-state index contributed by atoms with van der Waals surface area (Å²) in [6.07, 6.45) is 0. The zero-order valence-electron chi connectivity index (χ0n) is 11.9. The number of benzene rings is 2. The van der Waals surface area contributed by atoms with E-state index in [4.69, 9.17) is 18.9 Å². The predicted octanol–water partition coefficient (Wildman–Crippen LogP) is 3.29. The Hall–Kier alpha value is -2.36. The molecule has 2 aromatic carbocycles. The van der Waals surface area contributed by atoms with E-state index in [1.807, 2.05) is 36.4 Å². The Balaban J connectivity index is 2.05. The molecule has 0 aromatic heterocycles. The van der Waals surface area contributed by atoms with E-state index >= 15 is 0 Å². The molecule has 20 heavy (non-hydrogen) atoms. The fourth-order valence-corrected chi connectivity index (χ4v) is 1.75. The van der Waals surface area contributed by atoms with Crippen molar-refractivity contribution in [2.24, 2.45) is 0 Å². The first-order chi connectivity index (χ1) is 9.75. The highest BCUT2D eigenvalue weighted by atomic mass is 16.5. The Kier molecular flexibility index (Phi) is 4.71. The van der Waals surface area contributed by atoms with Crippen molar-refractivity contribution < 1.29 is 18.9 Å². The molecule has 2 aromatic rings. The van der Waals surface area contributed by atoms with E-state index in [1.54, 1.807) is 27.4 Å². The SMILES string of the molecule is COc1ccc(COc2cc(OC)cc(OC)c2)cc1. The summed E-state index contributed by atoms with van der Waals surface area (Å²) in [5.41, 5.74) is 1.06. The lowest BCUT2D eigenvalue weighted by atomic mass is 10.2. The number of methoxy groups -OCH3 is 3. The van der Waals surface area contributed by atoms with Crippen LogP contribution in [0.3, 0.4) is 0 Å². The van der Waals surface area contributed by atoms with Gasteiger partial charge in [0.25, 0.3) is 0 Å². The van der Waals surface area contributed by atoms with Gasteiger partial charge >= 0.3 is 0 Å². The van der Waals surface area contributed by atoms with Gasteiger partial charge in [0.05, 0.1) is 21.3 Å². The third-order valence-corrected chi connectivity index (χ3v) is 2.89. The molecule has 0 aliphatic carbocycles. The molecule has 0 spiro atoms. The smallest absolute Gasteiger partial charge is 0.127 e. The zero-order valence-corrected chi connectivity index (χ0v) is 11.9. The predicted molar refractivity (Wildman–Crippen MR) is 76.9 cm³/mol. The Morgan fingerprint density at radius 3 is 1.65 bits per heavy atom. The van der Waals surface area contributed by atoms with E-state index in [0.717, 1.165) is 11.3 Å². The van der Waals surface area contributed by atoms with E-state index in [9.17, 15) is 0 Å². The van der Waals surface area contributed by atoms with Crippen molar-refractivity contribution in [3.8, 4) is 23.0 Å². The van der Waals surface area contributed by atoms with Gasteiger partial charge in [-0.1, -0.05) is 12.1 Å². The summed E-state index contributed by atoms with van der Waals surface area (Å²) in [5.74, 6) is 2.94. The average molecular weight is 274 g/mol. The highest BCUT2D eigenvalue weighted by molar-refractivity contribution is 5.42. The molecule has 0 atom stereocenters. The quantitative estimate of drug-likeness (QED) is 0.810. The first-order valence-corrected chi connectivity index (χ1v) is 6.24. The first-order valence-electron chi connectivity index (χ1n) is 6.24. The van der Waals surface area contributed by atoms with Crippen LogP contribution in [0.5, 0.6) is 23.0 Å². The second-order valence-corrected chi connectivity index (χ2v) is 4.19. The van der Waals surface area contributed by atoms with E-state index in [0.29, 0.717) is 23.9 Å². The van der Waals surface area contributed by atoms with Gasteiger partial charge in [0.1, 0.15) is 29.6 Å². The zero-order chi connectivity index (χ0) is 14.4. The van der Waals surface area contributed by atoms with Crippen molar-refractivity contribution in [3.63, 3.8) is 0 Å². The minimum Gasteiger partial charge on any atom is -0.497 e. The van der Waals surface area contributed by atoms with Crippen molar-refractivity contribution in [1.82, 2.24) is 0 Å². The summed E-state index contributed by atoms with van der Waals surface area (Å²) in [5, 5.41) is 0. The van der Waals surface area contributed by atoms with Crippen LogP contribution in [0.1, 0.15) is 5.56 Å². The topological polar surface area (TPSA) is 36.9 Å². The molecule has 106 valence electrons. The largest absolute Gasteiger partial charge is 0.497 e. The van der Waals surface area contributed by atoms with Crippen LogP contribution in [0.2, 0.25) is 0 Å². The second kappa shape index (κ2) is 6.70. The maximum Gasteiger partial charge on any atom is 0.127 e. The molecule has 0 N–H and O–H groups in total. The van der Waals surface area contributed by atoms with Crippen LogP contribution in [-0.4, -0.2) is 21.3 Å². The molecule has 0 bridgehead atoms. The van der Waals surface area contributed by atoms with Crippen molar-refractivity contribution in [2.45, 2.75) is 6.61 Å². The average Bonchev–Trinajstić information content (AvgIpc) is 2.53. The fourth-order valence-electron chi connectivity index (χ4n) is 1.75. The standard InChI is InChI=1S/C16H18O4/c1-17-13-6-4-12(5-7-13)11-20-16-9-14(18-2)8-15(10-16)19-3/h4-10H,11H2,1-3H3. The van der Waals surface area contributed by atoms with Crippen LogP contribution in [-0.2, 0) is 6.61 Å². The van der Waals surface area contributed by atoms with Crippen LogP contribution in [0, 0.1) is 0 Å². The second-order valence-electron chi connectivity index (χ2n) is 4.19. The van der Waals surface area contributed by atoms with Crippen LogP contribution >= 0.6 is 0 Å². The van der Waals surface area contributed by atoms with Crippen molar-refractivity contribution in [2.75, 3.05) is 21.3 Å². The molecule has 0 amide bonds. The summed E-state index contributed by atoms with van der Waals surface area (Å²) in [6, 6.07) is 13.2. The van der Waals surface area contributed by atoms with E-state index in [2.05, 4.69) is 0 Å². The van der Waals surface area contributed by atoms with Crippen LogP contribution in [0.25, 0.3) is 0 Å². The summed E-state index contributed by atoms with van der Waals surface area (Å²) < 4.78 is 21.3. The van der Waals surface area contributed by atoms with Gasteiger partial charge in [-0.2, -0.15) is 0 Å². The van der Waals surface area contributed by atoms with Gasteiger partial charge in [0, 0.05) is 18.2 Å². The third kappa shape index (κ3) is 3.57. The van der Waals surface area contributed by atoms with Crippen LogP contribution in [0.15, 0.2) is 42.5 Å². The molecule has 0 aliphatic heterocycles. The van der Waals surface area contributed by atoms with Gasteiger partial charge in [-0.3, -0.25) is 0 Å². The minimum atomic E-state index is 0.473. The molecule has 0 radical (unpaired) electrons. The third-order valence-electron chi connectivity index (χ3n) is 2.89. The summed E-state index contributed by atoms with van der Waals surface area (Å²) >= 11 is 0. The van der Waals surface area contributed by atoms with Crippen molar-refractivity contribution >= 4 is 0 Å². The van der Waals surface area contributed by atoms with Gasteiger partial charge < -0.3 is 18.9 Å². The molecule has 0 heterocycles. The fraction of sp³-hybridized carbons (Fsp3) is 0.250. The normalized spacial score (nSPS) is 9.95. The monoisotopic (exact) mass is 274 g/mol. The summed E-state index contributed by atoms with van der Waals surface area (Å²) in [7, 11) is 4.87. The number of hydrogen-bond donors (Lipinski definition) is 0. The van der Waals surface area contributed by atoms with Crippen LogP contribution in [0.4, 0.5) is 0 Å². The Morgan fingerprint density at radius 1 is 0.650 bits per heavy atom. The Labute approximate surface area is 118 Å². The van der Waals surface area contributed by atoms with Crippen molar-refractivity contribution in [3.05, 3.63) is 48.0 Å². The summed E-state index contributed by atoms with van der Waals surface area (Å²) in [6.45, 7) is 0.473. The van der Waals surface area contributed by atoms with Gasteiger partial charge in [-0.05, 0) is 17.7 Å². The number of hydrogen-bond acceptors (Lipinski definition) is 4. The lowest BCUT2D eigenvalue weighted by Crippen LogP contribution is -1.97. The Morgan fingerprint density at radius 2 is 1.15 bits per heavy atom. The van der Waals surface area contributed by atoms with E-state index in [1.165, 1.54) is 0 Å². The van der Waals surface area contributed by atoms with Gasteiger partial charge in [0.2, 0.25) is 0 Å². The number of rotatable bonds is 6. The highest BCUT2D eigenvalue weighted by Crippen LogP contribution is 2.28. The molecule has 2 rings (SSSR count). The maximum atomic E-state index is 5.75. The molecular weight excluding hydrogens is 256 g/mol. The Bertz CT molecular complexity index is 527. The van der Waals surface area contributed by atoms with Crippen LogP contribution < -0.4 is 18.9 Å². The molecular formula is C16H18O4. The molecule has 0 unspecified atom stereocenters. The first kappa shape index (κ1) is 14.1.